The summed E-state index contributed by atoms with van der Waals surface area (Å²) in [4.78, 5) is 32.1. The lowest BCUT2D eigenvalue weighted by Gasteiger charge is -2.48. The Kier molecular flexibility index (Phi) is 15.0. The number of likely N-dealkylation sites (N-methyl/N-ethyl adjacent to an activating group) is 1. The normalized spacial score (nSPS) is 18.5. The number of nitrogens with two attached hydrogens (primary N) is 2. The molecule has 1 heterocycles. The molecule has 0 aromatic heterocycles. The lowest BCUT2D eigenvalue weighted by Crippen LogP contribution is -2.65. The van der Waals surface area contributed by atoms with Crippen LogP contribution in [0.1, 0.15) is 44.2 Å². The van der Waals surface area contributed by atoms with Gasteiger partial charge in [0.25, 0.3) is 0 Å². The van der Waals surface area contributed by atoms with Crippen LogP contribution in [0.2, 0.25) is 20.1 Å². The van der Waals surface area contributed by atoms with Crippen LogP contribution in [0.15, 0.2) is 36.4 Å². The van der Waals surface area contributed by atoms with Crippen LogP contribution >= 0.6 is 46.4 Å². The Morgan fingerprint density at radius 1 is 0.886 bits per heavy atom. The molecule has 0 bridgehead atoms. The Bertz CT molecular complexity index is 1250. The molecular weight excluding hydrogens is 642 g/mol. The van der Waals surface area contributed by atoms with E-state index in [0.717, 1.165) is 43.5 Å². The summed E-state index contributed by atoms with van der Waals surface area (Å²) in [5.41, 5.74) is 13.8. The molecule has 1 fully saturated rings. The van der Waals surface area contributed by atoms with Crippen molar-refractivity contribution >= 4 is 58.2 Å². The van der Waals surface area contributed by atoms with Crippen LogP contribution in [-0.4, -0.2) is 85.6 Å². The van der Waals surface area contributed by atoms with E-state index in [-0.39, 0.29) is 23.9 Å². The minimum atomic E-state index is -0.783. The largest absolute Gasteiger partial charge is 0.335 e. The van der Waals surface area contributed by atoms with Crippen molar-refractivity contribution in [2.45, 2.75) is 70.1 Å². The van der Waals surface area contributed by atoms with Gasteiger partial charge in [-0.2, -0.15) is 0 Å². The lowest BCUT2D eigenvalue weighted by molar-refractivity contribution is -0.149. The van der Waals surface area contributed by atoms with Crippen LogP contribution in [-0.2, 0) is 22.4 Å². The molecule has 0 aliphatic carbocycles. The molecule has 2 amide bonds. The molecule has 244 valence electrons. The Morgan fingerprint density at radius 3 is 2.00 bits per heavy atom. The minimum absolute atomic E-state index is 0.0171. The highest BCUT2D eigenvalue weighted by Crippen LogP contribution is 2.28. The van der Waals surface area contributed by atoms with Gasteiger partial charge in [-0.05, 0) is 87.0 Å². The standard InChI is InChI=1S/C32H46Cl4N6O2/c1-20(2)13-26-19-41(32(44)30(39-3)15-22-7-9-24(34)17-28(22)36)25(5-4-11-40-12-10-37)18-42(26)31(43)29(38)14-21-6-8-23(33)16-27(21)35/h6-9,16-17,20,25-26,29-30,39-40H,4-5,10-15,18-19,37-38H2,1-3H3/t25?,26-,29-,30?/m1/s1. The van der Waals surface area contributed by atoms with Gasteiger partial charge in [0.2, 0.25) is 11.8 Å². The zero-order valence-electron chi connectivity index (χ0n) is 25.8. The van der Waals surface area contributed by atoms with E-state index in [1.165, 1.54) is 0 Å². The van der Waals surface area contributed by atoms with E-state index < -0.39 is 12.1 Å². The Hall–Kier alpha value is -1.62. The monoisotopic (exact) mass is 686 g/mol. The van der Waals surface area contributed by atoms with Gasteiger partial charge in [-0.1, -0.05) is 72.4 Å². The first kappa shape index (κ1) is 36.8. The van der Waals surface area contributed by atoms with Crippen LogP contribution in [0.3, 0.4) is 0 Å². The van der Waals surface area contributed by atoms with E-state index in [0.29, 0.717) is 58.5 Å². The predicted molar refractivity (Wildman–Crippen MR) is 183 cm³/mol. The molecule has 2 unspecified atom stereocenters. The highest BCUT2D eigenvalue weighted by molar-refractivity contribution is 6.35. The van der Waals surface area contributed by atoms with Gasteiger partial charge in [0.15, 0.2) is 0 Å². The van der Waals surface area contributed by atoms with Crippen LogP contribution in [0.4, 0.5) is 0 Å². The number of rotatable bonds is 15. The molecule has 1 aliphatic rings. The number of hydrogen-bond acceptors (Lipinski definition) is 6. The van der Waals surface area contributed by atoms with Crippen molar-refractivity contribution in [1.29, 1.82) is 0 Å². The van der Waals surface area contributed by atoms with Crippen LogP contribution in [0.5, 0.6) is 0 Å². The van der Waals surface area contributed by atoms with Gasteiger partial charge in [0.1, 0.15) is 0 Å². The average molecular weight is 689 g/mol. The Morgan fingerprint density at radius 2 is 1.45 bits per heavy atom. The molecule has 0 radical (unpaired) electrons. The fourth-order valence-corrected chi connectivity index (χ4v) is 6.79. The number of nitrogens with zero attached hydrogens (tertiary/aromatic N) is 2. The summed E-state index contributed by atoms with van der Waals surface area (Å²) in [6.07, 6.45) is 2.99. The quantitative estimate of drug-likeness (QED) is 0.200. The molecular formula is C32H46Cl4N6O2. The minimum Gasteiger partial charge on any atom is -0.335 e. The van der Waals surface area contributed by atoms with Gasteiger partial charge < -0.3 is 31.9 Å². The maximum atomic E-state index is 14.2. The molecule has 1 saturated heterocycles. The lowest BCUT2D eigenvalue weighted by atomic mass is 9.93. The SMILES string of the molecule is CNC(Cc1ccc(Cl)cc1Cl)C(=O)N1C[C@@H](CC(C)C)N(C(=O)[C@H](N)Cc2ccc(Cl)cc2Cl)CC1CCCNCCN. The van der Waals surface area contributed by atoms with Crippen LogP contribution in [0, 0.1) is 5.92 Å². The smallest absolute Gasteiger partial charge is 0.240 e. The van der Waals surface area contributed by atoms with E-state index in [1.807, 2.05) is 21.9 Å². The molecule has 0 spiro atoms. The number of hydrogen-bond donors (Lipinski definition) is 4. The second kappa shape index (κ2) is 17.9. The number of carbonyl (C=O) groups excluding carboxylic acids is 2. The van der Waals surface area contributed by atoms with E-state index in [2.05, 4.69) is 24.5 Å². The highest BCUT2D eigenvalue weighted by Gasteiger charge is 2.41. The Balaban J connectivity index is 1.86. The van der Waals surface area contributed by atoms with Gasteiger partial charge >= 0.3 is 0 Å². The topological polar surface area (TPSA) is 117 Å². The maximum absolute atomic E-state index is 14.2. The van der Waals surface area contributed by atoms with Gasteiger partial charge in [0.05, 0.1) is 12.1 Å². The summed E-state index contributed by atoms with van der Waals surface area (Å²) < 4.78 is 0. The fourth-order valence-electron chi connectivity index (χ4n) is 5.82. The maximum Gasteiger partial charge on any atom is 0.240 e. The number of piperazine rings is 1. The number of nitrogens with one attached hydrogen (secondary N) is 2. The molecule has 0 saturated carbocycles. The summed E-state index contributed by atoms with van der Waals surface area (Å²) >= 11 is 25.1. The van der Waals surface area contributed by atoms with Crippen molar-refractivity contribution in [2.24, 2.45) is 17.4 Å². The van der Waals surface area contributed by atoms with Gasteiger partial charge in [-0.3, -0.25) is 9.59 Å². The molecule has 2 aromatic carbocycles. The second-order valence-electron chi connectivity index (χ2n) is 11.9. The molecule has 4 atom stereocenters. The molecule has 1 aliphatic heterocycles. The van der Waals surface area contributed by atoms with Gasteiger partial charge in [0, 0.05) is 58.4 Å². The summed E-state index contributed by atoms with van der Waals surface area (Å²) in [6.45, 7) is 7.11. The van der Waals surface area contributed by atoms with Crippen molar-refractivity contribution in [1.82, 2.24) is 20.4 Å². The number of amides is 2. The van der Waals surface area contributed by atoms with E-state index in [1.54, 1.807) is 31.3 Å². The van der Waals surface area contributed by atoms with E-state index in [4.69, 9.17) is 57.9 Å². The van der Waals surface area contributed by atoms with Crippen molar-refractivity contribution in [3.05, 3.63) is 67.6 Å². The van der Waals surface area contributed by atoms with Crippen molar-refractivity contribution in [3.63, 3.8) is 0 Å². The third-order valence-corrected chi connectivity index (χ3v) is 9.25. The third-order valence-electron chi connectivity index (χ3n) is 8.08. The van der Waals surface area contributed by atoms with Crippen LogP contribution < -0.4 is 22.1 Å². The van der Waals surface area contributed by atoms with Gasteiger partial charge in [-0.15, -0.1) is 0 Å². The first-order valence-electron chi connectivity index (χ1n) is 15.3. The fraction of sp³-hybridized carbons (Fsp3) is 0.562. The molecule has 6 N–H and O–H groups in total. The second-order valence-corrected chi connectivity index (χ2v) is 13.6. The van der Waals surface area contributed by atoms with Crippen molar-refractivity contribution < 1.29 is 9.59 Å². The number of halogens is 4. The summed E-state index contributed by atoms with van der Waals surface area (Å²) in [5.74, 6) is 0.147. The zero-order valence-corrected chi connectivity index (χ0v) is 28.8. The molecule has 2 aromatic rings. The van der Waals surface area contributed by atoms with Crippen molar-refractivity contribution in [2.75, 3.05) is 39.8 Å². The molecule has 12 heteroatoms. The van der Waals surface area contributed by atoms with E-state index in [9.17, 15) is 9.59 Å². The van der Waals surface area contributed by atoms with Crippen molar-refractivity contribution in [3.8, 4) is 0 Å². The van der Waals surface area contributed by atoms with Gasteiger partial charge in [-0.25, -0.2) is 0 Å². The zero-order chi connectivity index (χ0) is 32.4. The molecule has 8 nitrogen and oxygen atoms in total. The highest BCUT2D eigenvalue weighted by atomic mass is 35.5. The molecule has 3 rings (SSSR count). The summed E-state index contributed by atoms with van der Waals surface area (Å²) in [6, 6.07) is 8.90. The Labute approximate surface area is 282 Å². The number of benzene rings is 2. The first-order valence-corrected chi connectivity index (χ1v) is 16.8. The summed E-state index contributed by atoms with van der Waals surface area (Å²) in [7, 11) is 1.78. The average Bonchev–Trinajstić information content (AvgIpc) is 2.97. The summed E-state index contributed by atoms with van der Waals surface area (Å²) in [5, 5.41) is 8.62. The first-order chi connectivity index (χ1) is 20.9. The van der Waals surface area contributed by atoms with E-state index >= 15 is 0 Å². The third kappa shape index (κ3) is 10.5. The molecule has 44 heavy (non-hydrogen) atoms. The predicted octanol–water partition coefficient (Wildman–Crippen LogP) is 4.78. The number of carbonyl (C=O) groups is 2. The van der Waals surface area contributed by atoms with Crippen LogP contribution in [0.25, 0.3) is 0 Å².